The number of H-pyrrole nitrogens is 1. The van der Waals surface area contributed by atoms with Gasteiger partial charge in [0.2, 0.25) is 11.7 Å². The Morgan fingerprint density at radius 2 is 1.69 bits per heavy atom. The maximum absolute atomic E-state index is 12.9. The summed E-state index contributed by atoms with van der Waals surface area (Å²) in [5, 5.41) is 10.8. The number of hydrogen-bond donors (Lipinski definition) is 2. The van der Waals surface area contributed by atoms with Gasteiger partial charge in [0, 0.05) is 24.9 Å². The van der Waals surface area contributed by atoms with E-state index in [0.717, 1.165) is 5.56 Å². The number of carbonyl (C=O) groups excluding carboxylic acids is 1. The zero-order valence-electron chi connectivity index (χ0n) is 17.9. The van der Waals surface area contributed by atoms with Crippen molar-refractivity contribution in [1.82, 2.24) is 20.5 Å². The highest BCUT2D eigenvalue weighted by Crippen LogP contribution is 2.40. The highest BCUT2D eigenvalue weighted by molar-refractivity contribution is 5.76. The number of carbonyl (C=O) groups is 1. The second-order valence-corrected chi connectivity index (χ2v) is 6.77. The molecule has 168 valence electrons. The molecular formula is C22H23FN4O5. The Hall–Kier alpha value is -3.95. The standard InChI is InChI=1S/C22H23FN4O5/c1-30-17-10-14(11-18(31-2)20(17)32-3)21-25-22(29)16(26-27-21)8-9-19(28)24-12-13-4-6-15(23)7-5-13/h4-7,10-11H,8-9,12H2,1-3H3,(H,24,28)(H,25,27,29). The summed E-state index contributed by atoms with van der Waals surface area (Å²) in [4.78, 5) is 27.2. The highest BCUT2D eigenvalue weighted by atomic mass is 19.1. The fourth-order valence-corrected chi connectivity index (χ4v) is 2.99. The minimum Gasteiger partial charge on any atom is -0.493 e. The summed E-state index contributed by atoms with van der Waals surface area (Å²) in [5.74, 6) is 0.853. The number of amides is 1. The second kappa shape index (κ2) is 10.4. The molecule has 0 saturated heterocycles. The topological polar surface area (TPSA) is 115 Å². The van der Waals surface area contributed by atoms with Crippen molar-refractivity contribution in [2.45, 2.75) is 19.4 Å². The molecule has 0 spiro atoms. The molecule has 10 heteroatoms. The van der Waals surface area contributed by atoms with Crippen molar-refractivity contribution in [3.63, 3.8) is 0 Å². The van der Waals surface area contributed by atoms with E-state index in [4.69, 9.17) is 14.2 Å². The van der Waals surface area contributed by atoms with E-state index in [1.54, 1.807) is 24.3 Å². The number of aromatic amines is 1. The summed E-state index contributed by atoms with van der Waals surface area (Å²) >= 11 is 0. The Morgan fingerprint density at radius 1 is 1.03 bits per heavy atom. The van der Waals surface area contributed by atoms with Crippen molar-refractivity contribution < 1.29 is 23.4 Å². The van der Waals surface area contributed by atoms with Gasteiger partial charge < -0.3 is 24.5 Å². The third-order valence-corrected chi connectivity index (χ3v) is 4.69. The van der Waals surface area contributed by atoms with Gasteiger partial charge in [-0.2, -0.15) is 0 Å². The number of aromatic nitrogens is 3. The summed E-state index contributed by atoms with van der Waals surface area (Å²) in [7, 11) is 4.46. The summed E-state index contributed by atoms with van der Waals surface area (Å²) < 4.78 is 28.8. The van der Waals surface area contributed by atoms with Crippen LogP contribution in [-0.4, -0.2) is 42.4 Å². The Bertz CT molecular complexity index is 1120. The second-order valence-electron chi connectivity index (χ2n) is 6.77. The van der Waals surface area contributed by atoms with Gasteiger partial charge in [0.25, 0.3) is 5.56 Å². The molecule has 2 N–H and O–H groups in total. The molecule has 3 aromatic rings. The van der Waals surface area contributed by atoms with Gasteiger partial charge in [-0.05, 0) is 29.8 Å². The molecule has 1 aromatic heterocycles. The first-order valence-electron chi connectivity index (χ1n) is 9.72. The van der Waals surface area contributed by atoms with Gasteiger partial charge in [-0.3, -0.25) is 9.59 Å². The number of nitrogens with one attached hydrogen (secondary N) is 2. The van der Waals surface area contributed by atoms with Crippen LogP contribution in [0.1, 0.15) is 17.7 Å². The number of nitrogens with zero attached hydrogens (tertiary/aromatic N) is 2. The lowest BCUT2D eigenvalue weighted by Crippen LogP contribution is -2.25. The van der Waals surface area contributed by atoms with Gasteiger partial charge in [0.05, 0.1) is 21.3 Å². The van der Waals surface area contributed by atoms with E-state index in [1.807, 2.05) is 0 Å². The van der Waals surface area contributed by atoms with E-state index in [2.05, 4.69) is 20.5 Å². The largest absolute Gasteiger partial charge is 0.493 e. The van der Waals surface area contributed by atoms with Crippen LogP contribution in [0.25, 0.3) is 11.4 Å². The fraction of sp³-hybridized carbons (Fsp3) is 0.273. The van der Waals surface area contributed by atoms with E-state index in [0.29, 0.717) is 22.8 Å². The van der Waals surface area contributed by atoms with Crippen molar-refractivity contribution in [3.8, 4) is 28.6 Å². The Balaban J connectivity index is 1.67. The van der Waals surface area contributed by atoms with Gasteiger partial charge in [-0.15, -0.1) is 10.2 Å². The average molecular weight is 442 g/mol. The minimum absolute atomic E-state index is 0.0580. The van der Waals surface area contributed by atoms with Crippen LogP contribution >= 0.6 is 0 Å². The first-order chi connectivity index (χ1) is 15.4. The van der Waals surface area contributed by atoms with E-state index in [-0.39, 0.29) is 42.6 Å². The molecule has 0 fully saturated rings. The number of ether oxygens (including phenoxy) is 3. The molecule has 2 aromatic carbocycles. The van der Waals surface area contributed by atoms with Crippen LogP contribution in [-0.2, 0) is 17.8 Å². The van der Waals surface area contributed by atoms with Crippen LogP contribution in [0, 0.1) is 5.82 Å². The van der Waals surface area contributed by atoms with Crippen LogP contribution in [0.15, 0.2) is 41.2 Å². The predicted molar refractivity (Wildman–Crippen MR) is 114 cm³/mol. The average Bonchev–Trinajstić information content (AvgIpc) is 2.81. The third kappa shape index (κ3) is 5.39. The zero-order chi connectivity index (χ0) is 23.1. The normalized spacial score (nSPS) is 10.5. The van der Waals surface area contributed by atoms with E-state index in [1.165, 1.54) is 33.5 Å². The van der Waals surface area contributed by atoms with Gasteiger partial charge in [0.1, 0.15) is 11.5 Å². The van der Waals surface area contributed by atoms with E-state index >= 15 is 0 Å². The number of halogens is 1. The SMILES string of the molecule is COc1cc(-c2nnc(CCC(=O)NCc3ccc(F)cc3)c(=O)[nH]2)cc(OC)c1OC. The number of rotatable bonds is 9. The summed E-state index contributed by atoms with van der Waals surface area (Å²) in [6, 6.07) is 9.12. The molecule has 0 saturated carbocycles. The third-order valence-electron chi connectivity index (χ3n) is 4.69. The lowest BCUT2D eigenvalue weighted by atomic mass is 10.1. The van der Waals surface area contributed by atoms with Gasteiger partial charge in [0.15, 0.2) is 17.3 Å². The minimum atomic E-state index is -0.449. The molecule has 1 amide bonds. The van der Waals surface area contributed by atoms with Crippen LogP contribution in [0.2, 0.25) is 0 Å². The molecule has 0 aliphatic rings. The van der Waals surface area contributed by atoms with Crippen molar-refractivity contribution in [2.24, 2.45) is 0 Å². The lowest BCUT2D eigenvalue weighted by molar-refractivity contribution is -0.121. The van der Waals surface area contributed by atoms with Crippen LogP contribution in [0.3, 0.4) is 0 Å². The number of methoxy groups -OCH3 is 3. The zero-order valence-corrected chi connectivity index (χ0v) is 17.9. The Kier molecular flexibility index (Phi) is 7.37. The van der Waals surface area contributed by atoms with Gasteiger partial charge in [-0.25, -0.2) is 4.39 Å². The molecule has 32 heavy (non-hydrogen) atoms. The molecule has 0 unspecified atom stereocenters. The first-order valence-corrected chi connectivity index (χ1v) is 9.72. The molecule has 0 bridgehead atoms. The van der Waals surface area contributed by atoms with Crippen molar-refractivity contribution in [3.05, 3.63) is 63.8 Å². The van der Waals surface area contributed by atoms with Crippen LogP contribution in [0.5, 0.6) is 17.2 Å². The monoisotopic (exact) mass is 442 g/mol. The fourth-order valence-electron chi connectivity index (χ4n) is 2.99. The quantitative estimate of drug-likeness (QED) is 0.522. The van der Waals surface area contributed by atoms with Crippen LogP contribution in [0.4, 0.5) is 4.39 Å². The Morgan fingerprint density at radius 3 is 2.25 bits per heavy atom. The maximum atomic E-state index is 12.9. The van der Waals surface area contributed by atoms with Gasteiger partial charge in [-0.1, -0.05) is 12.1 Å². The summed E-state index contributed by atoms with van der Waals surface area (Å²) in [6.45, 7) is 0.265. The van der Waals surface area contributed by atoms with Crippen LogP contribution < -0.4 is 25.1 Å². The first kappa shape index (κ1) is 22.7. The Labute approximate surface area is 183 Å². The highest BCUT2D eigenvalue weighted by Gasteiger charge is 2.16. The molecule has 0 aliphatic carbocycles. The van der Waals surface area contributed by atoms with Gasteiger partial charge >= 0.3 is 0 Å². The number of aryl methyl sites for hydroxylation is 1. The molecule has 3 rings (SSSR count). The van der Waals surface area contributed by atoms with Crippen molar-refractivity contribution in [2.75, 3.05) is 21.3 Å². The summed E-state index contributed by atoms with van der Waals surface area (Å²) in [6.07, 6.45) is 0.176. The number of benzene rings is 2. The predicted octanol–water partition coefficient (Wildman–Crippen LogP) is 2.25. The lowest BCUT2D eigenvalue weighted by Gasteiger charge is -2.13. The van der Waals surface area contributed by atoms with Crippen molar-refractivity contribution >= 4 is 5.91 Å². The molecule has 0 radical (unpaired) electrons. The maximum Gasteiger partial charge on any atom is 0.273 e. The number of hydrogen-bond acceptors (Lipinski definition) is 7. The smallest absolute Gasteiger partial charge is 0.273 e. The summed E-state index contributed by atoms with van der Waals surface area (Å²) in [5.41, 5.74) is 0.980. The molecule has 1 heterocycles. The molecular weight excluding hydrogens is 419 g/mol. The van der Waals surface area contributed by atoms with Crippen molar-refractivity contribution in [1.29, 1.82) is 0 Å². The van der Waals surface area contributed by atoms with E-state index in [9.17, 15) is 14.0 Å². The van der Waals surface area contributed by atoms with E-state index < -0.39 is 5.56 Å². The molecule has 0 atom stereocenters. The molecule has 0 aliphatic heterocycles. The molecule has 9 nitrogen and oxygen atoms in total.